The van der Waals surface area contributed by atoms with Gasteiger partial charge in [0, 0.05) is 31.5 Å². The molecule has 1 saturated heterocycles. The van der Waals surface area contributed by atoms with E-state index in [-0.39, 0.29) is 17.9 Å². The summed E-state index contributed by atoms with van der Waals surface area (Å²) in [6.45, 7) is 4.96. The highest BCUT2D eigenvalue weighted by molar-refractivity contribution is 5.96. The summed E-state index contributed by atoms with van der Waals surface area (Å²) in [5.41, 5.74) is 1.23. The van der Waals surface area contributed by atoms with E-state index in [1.165, 1.54) is 6.92 Å². The number of urea groups is 1. The molecule has 1 aliphatic rings. The smallest absolute Gasteiger partial charge is 0.321 e. The Balaban J connectivity index is 2.01. The number of ether oxygens (including phenoxy) is 1. The molecular weight excluding hydrogens is 268 g/mol. The largest absolute Gasteiger partial charge is 0.379 e. The first-order valence-electron chi connectivity index (χ1n) is 7.21. The van der Waals surface area contributed by atoms with Gasteiger partial charge in [-0.25, -0.2) is 4.79 Å². The van der Waals surface area contributed by atoms with Crippen LogP contribution in [0, 0.1) is 5.92 Å². The van der Waals surface area contributed by atoms with Gasteiger partial charge in [-0.1, -0.05) is 19.1 Å². The molecule has 0 radical (unpaired) electrons. The number of methoxy groups -OCH3 is 1. The van der Waals surface area contributed by atoms with Gasteiger partial charge in [0.25, 0.3) is 0 Å². The van der Waals surface area contributed by atoms with Crippen LogP contribution in [-0.2, 0) is 4.74 Å². The molecule has 1 aliphatic heterocycles. The molecule has 0 aliphatic carbocycles. The van der Waals surface area contributed by atoms with Crippen molar-refractivity contribution < 1.29 is 14.3 Å². The van der Waals surface area contributed by atoms with Crippen molar-refractivity contribution in [2.75, 3.05) is 25.5 Å². The molecule has 0 aromatic heterocycles. The number of anilines is 1. The van der Waals surface area contributed by atoms with Crippen molar-refractivity contribution in [1.29, 1.82) is 0 Å². The van der Waals surface area contributed by atoms with Crippen molar-refractivity contribution in [3.8, 4) is 0 Å². The minimum absolute atomic E-state index is 0.0163. The van der Waals surface area contributed by atoms with Gasteiger partial charge in [-0.15, -0.1) is 0 Å². The number of carbonyl (C=O) groups excluding carboxylic acids is 2. The average molecular weight is 290 g/mol. The van der Waals surface area contributed by atoms with Crippen LogP contribution < -0.4 is 5.32 Å². The molecule has 1 heterocycles. The number of likely N-dealkylation sites (tertiary alicyclic amines) is 1. The maximum atomic E-state index is 12.3. The second-order valence-electron chi connectivity index (χ2n) is 5.55. The van der Waals surface area contributed by atoms with Gasteiger partial charge in [0.1, 0.15) is 0 Å². The first-order chi connectivity index (χ1) is 10.0. The fourth-order valence-electron chi connectivity index (χ4n) is 2.54. The van der Waals surface area contributed by atoms with Crippen LogP contribution in [0.4, 0.5) is 10.5 Å². The summed E-state index contributed by atoms with van der Waals surface area (Å²) in [5, 5.41) is 2.85. The number of nitrogens with zero attached hydrogens (tertiary/aromatic N) is 1. The molecule has 0 spiro atoms. The number of hydrogen-bond acceptors (Lipinski definition) is 3. The predicted molar refractivity (Wildman–Crippen MR) is 81.6 cm³/mol. The monoisotopic (exact) mass is 290 g/mol. The number of benzene rings is 1. The second kappa shape index (κ2) is 6.72. The third kappa shape index (κ3) is 3.82. The fourth-order valence-corrected chi connectivity index (χ4v) is 2.54. The van der Waals surface area contributed by atoms with E-state index in [1.807, 2.05) is 0 Å². The average Bonchev–Trinajstić information content (AvgIpc) is 2.47. The highest BCUT2D eigenvalue weighted by Gasteiger charge is 2.28. The number of nitrogens with one attached hydrogen (secondary N) is 1. The lowest BCUT2D eigenvalue weighted by Gasteiger charge is -2.36. The lowest BCUT2D eigenvalue weighted by Crippen LogP contribution is -2.48. The third-order valence-corrected chi connectivity index (χ3v) is 4.00. The zero-order valence-corrected chi connectivity index (χ0v) is 12.8. The molecule has 21 heavy (non-hydrogen) atoms. The first kappa shape index (κ1) is 15.5. The number of Topliss-reactive ketones (excluding diaryl/α,β-unsaturated/α-hetero) is 1. The van der Waals surface area contributed by atoms with Crippen LogP contribution in [-0.4, -0.2) is 43.0 Å². The summed E-state index contributed by atoms with van der Waals surface area (Å²) in [6.07, 6.45) is 1.01. The Morgan fingerprint density at radius 2 is 2.14 bits per heavy atom. The first-order valence-corrected chi connectivity index (χ1v) is 7.21. The van der Waals surface area contributed by atoms with E-state index in [0.29, 0.717) is 23.7 Å². The number of piperidine rings is 1. The maximum Gasteiger partial charge on any atom is 0.321 e. The molecule has 2 amide bonds. The summed E-state index contributed by atoms with van der Waals surface area (Å²) in [5.74, 6) is 0.442. The molecular formula is C16H22N2O3. The van der Waals surface area contributed by atoms with E-state index in [4.69, 9.17) is 4.74 Å². The van der Waals surface area contributed by atoms with Crippen molar-refractivity contribution in [2.45, 2.75) is 26.4 Å². The van der Waals surface area contributed by atoms with Gasteiger partial charge in [-0.3, -0.25) is 4.79 Å². The van der Waals surface area contributed by atoms with Gasteiger partial charge in [0.15, 0.2) is 5.78 Å². The summed E-state index contributed by atoms with van der Waals surface area (Å²) >= 11 is 0. The van der Waals surface area contributed by atoms with E-state index >= 15 is 0 Å². The van der Waals surface area contributed by atoms with Crippen molar-refractivity contribution >= 4 is 17.5 Å². The molecule has 1 aromatic rings. The number of carbonyl (C=O) groups is 2. The lowest BCUT2D eigenvalue weighted by atomic mass is 9.96. The predicted octanol–water partition coefficient (Wildman–Crippen LogP) is 2.78. The molecule has 0 bridgehead atoms. The Hall–Kier alpha value is -1.88. The van der Waals surface area contributed by atoms with Crippen molar-refractivity contribution in [1.82, 2.24) is 4.90 Å². The van der Waals surface area contributed by atoms with E-state index in [1.54, 1.807) is 36.3 Å². The molecule has 5 heteroatoms. The lowest BCUT2D eigenvalue weighted by molar-refractivity contribution is 0.00896. The number of amides is 2. The van der Waals surface area contributed by atoms with Crippen LogP contribution >= 0.6 is 0 Å². The Morgan fingerprint density at radius 1 is 1.38 bits per heavy atom. The zero-order chi connectivity index (χ0) is 15.4. The normalized spacial score (nSPS) is 22.0. The van der Waals surface area contributed by atoms with Gasteiger partial charge in [-0.2, -0.15) is 0 Å². The fraction of sp³-hybridized carbons (Fsp3) is 0.500. The van der Waals surface area contributed by atoms with Gasteiger partial charge in [0.05, 0.1) is 6.10 Å². The summed E-state index contributed by atoms with van der Waals surface area (Å²) in [7, 11) is 1.68. The topological polar surface area (TPSA) is 58.6 Å². The summed E-state index contributed by atoms with van der Waals surface area (Å²) < 4.78 is 5.42. The third-order valence-electron chi connectivity index (χ3n) is 4.00. The Morgan fingerprint density at radius 3 is 2.81 bits per heavy atom. The van der Waals surface area contributed by atoms with Crippen LogP contribution in [0.5, 0.6) is 0 Å². The van der Waals surface area contributed by atoms with Gasteiger partial charge in [0.2, 0.25) is 0 Å². The van der Waals surface area contributed by atoms with Crippen LogP contribution in [0.3, 0.4) is 0 Å². The molecule has 2 atom stereocenters. The molecule has 1 aromatic carbocycles. The molecule has 2 rings (SSSR count). The van der Waals surface area contributed by atoms with Crippen molar-refractivity contribution in [3.05, 3.63) is 29.8 Å². The maximum absolute atomic E-state index is 12.3. The molecule has 1 N–H and O–H groups in total. The molecule has 114 valence electrons. The second-order valence-corrected chi connectivity index (χ2v) is 5.55. The number of hydrogen-bond donors (Lipinski definition) is 1. The van der Waals surface area contributed by atoms with E-state index < -0.39 is 0 Å². The number of rotatable bonds is 3. The minimum atomic E-state index is -0.148. The van der Waals surface area contributed by atoms with Gasteiger partial charge >= 0.3 is 6.03 Å². The molecule has 5 nitrogen and oxygen atoms in total. The minimum Gasteiger partial charge on any atom is -0.379 e. The molecule has 2 unspecified atom stereocenters. The molecule has 1 fully saturated rings. The van der Waals surface area contributed by atoms with Crippen LogP contribution in [0.1, 0.15) is 30.6 Å². The van der Waals surface area contributed by atoms with Gasteiger partial charge in [-0.05, 0) is 31.4 Å². The van der Waals surface area contributed by atoms with E-state index in [0.717, 1.165) is 13.0 Å². The SMILES string of the molecule is COC1CN(C(=O)Nc2cccc(C(C)=O)c2)CCC1C. The van der Waals surface area contributed by atoms with E-state index in [9.17, 15) is 9.59 Å². The van der Waals surface area contributed by atoms with Crippen molar-refractivity contribution in [2.24, 2.45) is 5.92 Å². The zero-order valence-electron chi connectivity index (χ0n) is 12.8. The highest BCUT2D eigenvalue weighted by atomic mass is 16.5. The summed E-state index contributed by atoms with van der Waals surface area (Å²) in [6, 6.07) is 6.83. The van der Waals surface area contributed by atoms with Crippen LogP contribution in [0.15, 0.2) is 24.3 Å². The number of ketones is 1. The van der Waals surface area contributed by atoms with E-state index in [2.05, 4.69) is 12.2 Å². The quantitative estimate of drug-likeness (QED) is 0.871. The summed E-state index contributed by atoms with van der Waals surface area (Å²) in [4.78, 5) is 25.4. The standard InChI is InChI=1S/C16H22N2O3/c1-11-7-8-18(10-15(11)21-3)16(20)17-14-6-4-5-13(9-14)12(2)19/h4-6,9,11,15H,7-8,10H2,1-3H3,(H,17,20). The van der Waals surface area contributed by atoms with Crippen LogP contribution in [0.2, 0.25) is 0 Å². The Kier molecular flexibility index (Phi) is 4.96. The molecule has 0 saturated carbocycles. The Bertz CT molecular complexity index is 530. The van der Waals surface area contributed by atoms with Crippen molar-refractivity contribution in [3.63, 3.8) is 0 Å². The highest BCUT2D eigenvalue weighted by Crippen LogP contribution is 2.20. The van der Waals surface area contributed by atoms with Crippen LogP contribution in [0.25, 0.3) is 0 Å². The Labute approximate surface area is 125 Å². The van der Waals surface area contributed by atoms with Gasteiger partial charge < -0.3 is 15.0 Å².